The molecule has 0 radical (unpaired) electrons. The van der Waals surface area contributed by atoms with Crippen molar-refractivity contribution in [3.8, 4) is 17.2 Å². The van der Waals surface area contributed by atoms with Crippen molar-refractivity contribution < 1.29 is 32.2 Å². The zero-order valence-corrected chi connectivity index (χ0v) is 19.0. The number of hydrogen-bond acceptors (Lipinski definition) is 4. The molecule has 0 bridgehead atoms. The van der Waals surface area contributed by atoms with Crippen LogP contribution in [-0.2, 0) is 23.8 Å². The first-order valence-electron chi connectivity index (χ1n) is 11.3. The molecule has 5 nitrogen and oxygen atoms in total. The van der Waals surface area contributed by atoms with Gasteiger partial charge in [-0.2, -0.15) is 13.2 Å². The van der Waals surface area contributed by atoms with Gasteiger partial charge in [-0.3, -0.25) is 4.79 Å². The molecule has 0 fully saturated rings. The molecule has 0 amide bonds. The smallest absolute Gasteiger partial charge is 0.416 e. The van der Waals surface area contributed by atoms with Crippen LogP contribution in [0.15, 0.2) is 46.9 Å². The van der Waals surface area contributed by atoms with Gasteiger partial charge in [0.2, 0.25) is 5.89 Å². The number of halogens is 3. The van der Waals surface area contributed by atoms with Gasteiger partial charge in [-0.1, -0.05) is 13.0 Å². The molecule has 2 atom stereocenters. The molecule has 1 aromatic heterocycles. The van der Waals surface area contributed by atoms with Gasteiger partial charge in [0.25, 0.3) is 0 Å². The molecule has 1 aliphatic rings. The lowest BCUT2D eigenvalue weighted by Crippen LogP contribution is -2.19. The van der Waals surface area contributed by atoms with Crippen LogP contribution in [0.1, 0.15) is 53.8 Å². The predicted octanol–water partition coefficient (Wildman–Crippen LogP) is 6.43. The maximum Gasteiger partial charge on any atom is 0.416 e. The number of fused-ring (bicyclic) bond motifs is 1. The van der Waals surface area contributed by atoms with Gasteiger partial charge in [0.05, 0.1) is 23.8 Å². The highest BCUT2D eigenvalue weighted by atomic mass is 19.4. The summed E-state index contributed by atoms with van der Waals surface area (Å²) in [6.45, 7) is 4.04. The van der Waals surface area contributed by atoms with E-state index in [0.29, 0.717) is 42.2 Å². The molecule has 1 aliphatic carbocycles. The first-order chi connectivity index (χ1) is 16.2. The molecule has 1 heterocycles. The van der Waals surface area contributed by atoms with Crippen LogP contribution in [0.5, 0.6) is 5.75 Å². The number of aliphatic carboxylic acids is 1. The molecule has 4 rings (SSSR count). The Hall–Kier alpha value is -3.29. The molecule has 3 aromatic rings. The number of carboxylic acids is 1. The zero-order chi connectivity index (χ0) is 24.5. The summed E-state index contributed by atoms with van der Waals surface area (Å²) < 4.78 is 50.0. The van der Waals surface area contributed by atoms with Gasteiger partial charge >= 0.3 is 12.1 Å². The number of nitrogens with zero attached hydrogens (tertiary/aromatic N) is 1. The van der Waals surface area contributed by atoms with Gasteiger partial charge in [0.15, 0.2) is 0 Å². The zero-order valence-electron chi connectivity index (χ0n) is 19.0. The summed E-state index contributed by atoms with van der Waals surface area (Å²) in [5, 5.41) is 9.50. The van der Waals surface area contributed by atoms with Crippen LogP contribution in [-0.4, -0.2) is 22.7 Å². The van der Waals surface area contributed by atoms with E-state index in [1.165, 1.54) is 12.1 Å². The molecule has 0 saturated heterocycles. The highest BCUT2D eigenvalue weighted by Gasteiger charge is 2.33. The Morgan fingerprint density at radius 3 is 2.62 bits per heavy atom. The van der Waals surface area contributed by atoms with Crippen molar-refractivity contribution in [3.05, 3.63) is 70.6 Å². The molecule has 0 aliphatic heterocycles. The van der Waals surface area contributed by atoms with E-state index in [9.17, 15) is 23.1 Å². The molecule has 0 spiro atoms. The summed E-state index contributed by atoms with van der Waals surface area (Å²) in [4.78, 5) is 15.9. The highest BCUT2D eigenvalue weighted by molar-refractivity contribution is 5.72. The molecule has 2 aromatic carbocycles. The van der Waals surface area contributed by atoms with E-state index < -0.39 is 17.7 Å². The van der Waals surface area contributed by atoms with Crippen molar-refractivity contribution in [1.29, 1.82) is 0 Å². The standard InChI is InChI=1S/C26H26F3NO4/c1-3-20(25(31)32)22-10-6-17-14-19(9-11-21(17)22)33-13-12-23-15(2)30-24(34-23)16-4-7-18(8-5-16)26(27,28)29/h4-5,7-9,11,14,20,22H,3,6,10,12-13H2,1-2H3,(H,31,32)/t20?,22-/m0/s1. The second-order valence-corrected chi connectivity index (χ2v) is 8.56. The molecule has 8 heteroatoms. The Kier molecular flexibility index (Phi) is 6.68. The largest absolute Gasteiger partial charge is 0.493 e. The quantitative estimate of drug-likeness (QED) is 0.408. The van der Waals surface area contributed by atoms with Crippen LogP contribution in [0, 0.1) is 12.8 Å². The van der Waals surface area contributed by atoms with Crippen LogP contribution < -0.4 is 4.74 Å². The van der Waals surface area contributed by atoms with E-state index >= 15 is 0 Å². The fraction of sp³-hybridized carbons (Fsp3) is 0.385. The minimum atomic E-state index is -4.39. The van der Waals surface area contributed by atoms with Gasteiger partial charge < -0.3 is 14.3 Å². The Labute approximate surface area is 195 Å². The minimum absolute atomic E-state index is 0.0343. The highest BCUT2D eigenvalue weighted by Crippen LogP contribution is 2.41. The van der Waals surface area contributed by atoms with Crippen LogP contribution in [0.2, 0.25) is 0 Å². The van der Waals surface area contributed by atoms with Gasteiger partial charge in [-0.15, -0.1) is 0 Å². The summed E-state index contributed by atoms with van der Waals surface area (Å²) in [7, 11) is 0. The lowest BCUT2D eigenvalue weighted by molar-refractivity contribution is -0.142. The van der Waals surface area contributed by atoms with Gasteiger partial charge in [-0.05, 0) is 79.6 Å². The number of carbonyl (C=O) groups is 1. The average molecular weight is 473 g/mol. The Morgan fingerprint density at radius 2 is 1.97 bits per heavy atom. The summed E-state index contributed by atoms with van der Waals surface area (Å²) in [5.41, 5.74) is 2.64. The number of aryl methyl sites for hydroxylation is 2. The van der Waals surface area contributed by atoms with Crippen molar-refractivity contribution in [2.45, 2.75) is 51.6 Å². The molecule has 180 valence electrons. The summed E-state index contributed by atoms with van der Waals surface area (Å²) in [6.07, 6.45) is -1.68. The number of rotatable bonds is 8. The van der Waals surface area contributed by atoms with E-state index in [2.05, 4.69) is 4.98 Å². The number of hydrogen-bond donors (Lipinski definition) is 1. The molecule has 34 heavy (non-hydrogen) atoms. The van der Waals surface area contributed by atoms with Crippen LogP contribution in [0.4, 0.5) is 13.2 Å². The van der Waals surface area contributed by atoms with E-state index in [1.807, 2.05) is 25.1 Å². The minimum Gasteiger partial charge on any atom is -0.493 e. The number of alkyl halides is 3. The van der Waals surface area contributed by atoms with Crippen LogP contribution >= 0.6 is 0 Å². The van der Waals surface area contributed by atoms with Crippen molar-refractivity contribution in [1.82, 2.24) is 4.98 Å². The first kappa shape index (κ1) is 23.9. The molecule has 1 N–H and O–H groups in total. The lowest BCUT2D eigenvalue weighted by Gasteiger charge is -2.19. The van der Waals surface area contributed by atoms with Crippen molar-refractivity contribution >= 4 is 5.97 Å². The number of ether oxygens (including phenoxy) is 1. The van der Waals surface area contributed by atoms with E-state index in [1.54, 1.807) is 6.92 Å². The Bertz CT molecular complexity index is 1170. The number of aromatic nitrogens is 1. The van der Waals surface area contributed by atoms with E-state index in [0.717, 1.165) is 36.1 Å². The van der Waals surface area contributed by atoms with Gasteiger partial charge in [0.1, 0.15) is 11.5 Å². The Morgan fingerprint density at radius 1 is 1.24 bits per heavy atom. The van der Waals surface area contributed by atoms with Crippen LogP contribution in [0.3, 0.4) is 0 Å². The average Bonchev–Trinajstić information content (AvgIpc) is 3.37. The molecular weight excluding hydrogens is 447 g/mol. The summed E-state index contributed by atoms with van der Waals surface area (Å²) in [5.74, 6) is 0.507. The second-order valence-electron chi connectivity index (χ2n) is 8.56. The monoisotopic (exact) mass is 473 g/mol. The Balaban J connectivity index is 1.38. The number of carboxylic acid groups (broad SMARTS) is 1. The third-order valence-electron chi connectivity index (χ3n) is 6.43. The fourth-order valence-electron chi connectivity index (χ4n) is 4.61. The lowest BCUT2D eigenvalue weighted by atomic mass is 9.85. The number of benzene rings is 2. The van der Waals surface area contributed by atoms with Crippen molar-refractivity contribution in [3.63, 3.8) is 0 Å². The first-order valence-corrected chi connectivity index (χ1v) is 11.3. The van der Waals surface area contributed by atoms with E-state index in [-0.39, 0.29) is 17.7 Å². The molecule has 0 saturated carbocycles. The van der Waals surface area contributed by atoms with E-state index in [4.69, 9.17) is 9.15 Å². The second kappa shape index (κ2) is 9.52. The van der Waals surface area contributed by atoms with Crippen molar-refractivity contribution in [2.24, 2.45) is 5.92 Å². The maximum absolute atomic E-state index is 12.8. The molecular formula is C26H26F3NO4. The summed E-state index contributed by atoms with van der Waals surface area (Å²) in [6, 6.07) is 10.5. The normalized spacial score (nSPS) is 16.3. The maximum atomic E-state index is 12.8. The summed E-state index contributed by atoms with van der Waals surface area (Å²) >= 11 is 0. The number of oxazole rings is 1. The topological polar surface area (TPSA) is 72.6 Å². The third-order valence-corrected chi connectivity index (χ3v) is 6.43. The van der Waals surface area contributed by atoms with Crippen molar-refractivity contribution in [2.75, 3.05) is 6.61 Å². The van der Waals surface area contributed by atoms with Crippen LogP contribution in [0.25, 0.3) is 11.5 Å². The van der Waals surface area contributed by atoms with Gasteiger partial charge in [0, 0.05) is 12.0 Å². The SMILES string of the molecule is CCC(C(=O)O)[C@@H]1CCc2cc(OCCc3oc(-c4ccc(C(F)(F)F)cc4)nc3C)ccc21. The molecule has 1 unspecified atom stereocenters. The van der Waals surface area contributed by atoms with Gasteiger partial charge in [-0.25, -0.2) is 4.98 Å². The third kappa shape index (κ3) is 4.95. The predicted molar refractivity (Wildman–Crippen MR) is 120 cm³/mol. The fourth-order valence-corrected chi connectivity index (χ4v) is 4.61.